The van der Waals surface area contributed by atoms with E-state index in [2.05, 4.69) is 155 Å². The van der Waals surface area contributed by atoms with Gasteiger partial charge in [0.25, 0.3) is 0 Å². The van der Waals surface area contributed by atoms with Gasteiger partial charge in [-0.15, -0.1) is 0 Å². The molecule has 0 N–H and O–H groups in total. The molecule has 270 valence electrons. The number of para-hydroxylation sites is 3. The maximum Gasteiger partial charge on any atom is 0.162 e. The Kier molecular flexibility index (Phi) is 7.80. The summed E-state index contributed by atoms with van der Waals surface area (Å²) in [5.41, 5.74) is 13.7. The van der Waals surface area contributed by atoms with Gasteiger partial charge < -0.3 is 9.13 Å². The van der Waals surface area contributed by atoms with Crippen LogP contribution >= 0.6 is 0 Å². The van der Waals surface area contributed by atoms with Gasteiger partial charge in [0, 0.05) is 43.9 Å². The molecule has 0 amide bonds. The van der Waals surface area contributed by atoms with E-state index in [0.717, 1.165) is 72.4 Å². The van der Waals surface area contributed by atoms with E-state index in [9.17, 15) is 5.26 Å². The quantitative estimate of drug-likeness (QED) is 0.171. The number of fused-ring (bicyclic) bond motifs is 6. The average Bonchev–Trinajstić information content (AvgIpc) is 3.82. The van der Waals surface area contributed by atoms with Crippen molar-refractivity contribution in [2.75, 3.05) is 0 Å². The van der Waals surface area contributed by atoms with Crippen molar-refractivity contribution in [2.24, 2.45) is 0 Å². The molecule has 0 unspecified atom stereocenters. The summed E-state index contributed by atoms with van der Waals surface area (Å²) in [7, 11) is 0. The van der Waals surface area contributed by atoms with Crippen molar-refractivity contribution in [3.8, 4) is 62.5 Å². The molecule has 0 spiro atoms. The van der Waals surface area contributed by atoms with Crippen LogP contribution in [0.25, 0.3) is 100 Å². The summed E-state index contributed by atoms with van der Waals surface area (Å²) in [6, 6.07) is 71.9. The van der Waals surface area contributed by atoms with Gasteiger partial charge in [-0.1, -0.05) is 133 Å². The smallest absolute Gasteiger partial charge is 0.162 e. The first-order valence-corrected chi connectivity index (χ1v) is 19.4. The van der Waals surface area contributed by atoms with Crippen LogP contribution < -0.4 is 0 Å². The van der Waals surface area contributed by atoms with Crippen LogP contribution in [0, 0.1) is 11.3 Å². The highest BCUT2D eigenvalue weighted by Crippen LogP contribution is 2.39. The van der Waals surface area contributed by atoms with E-state index < -0.39 is 0 Å². The molecule has 0 aliphatic carbocycles. The number of nitrogens with zero attached hydrogens (tertiary/aromatic N) is 5. The Morgan fingerprint density at radius 3 is 1.47 bits per heavy atom. The average molecular weight is 740 g/mol. The first kappa shape index (κ1) is 33.3. The molecule has 0 bridgehead atoms. The van der Waals surface area contributed by atoms with E-state index in [0.29, 0.717) is 11.4 Å². The van der Waals surface area contributed by atoms with Gasteiger partial charge in [-0.2, -0.15) is 5.26 Å². The number of aromatic nitrogens is 4. The molecule has 11 aromatic rings. The summed E-state index contributed by atoms with van der Waals surface area (Å²) >= 11 is 0. The minimum Gasteiger partial charge on any atom is -0.309 e. The second-order valence-electron chi connectivity index (χ2n) is 14.5. The summed E-state index contributed by atoms with van der Waals surface area (Å²) in [6.07, 6.45) is 0. The Morgan fingerprint density at radius 1 is 0.379 bits per heavy atom. The molecule has 58 heavy (non-hydrogen) atoms. The van der Waals surface area contributed by atoms with E-state index in [1.54, 1.807) is 0 Å². The van der Waals surface area contributed by atoms with Crippen LogP contribution in [0.3, 0.4) is 0 Å². The maximum atomic E-state index is 10.1. The van der Waals surface area contributed by atoms with Crippen LogP contribution in [0.15, 0.2) is 200 Å². The Labute approximate surface area is 335 Å². The normalized spacial score (nSPS) is 11.4. The molecular formula is C53H33N5. The van der Waals surface area contributed by atoms with Gasteiger partial charge in [-0.05, 0) is 77.9 Å². The van der Waals surface area contributed by atoms with Crippen molar-refractivity contribution in [3.63, 3.8) is 0 Å². The number of benzene rings is 8. The third-order valence-corrected chi connectivity index (χ3v) is 11.2. The van der Waals surface area contributed by atoms with Crippen molar-refractivity contribution >= 4 is 43.6 Å². The third kappa shape index (κ3) is 5.47. The minimum absolute atomic E-state index is 0.543. The predicted molar refractivity (Wildman–Crippen MR) is 237 cm³/mol. The Balaban J connectivity index is 1.07. The lowest BCUT2D eigenvalue weighted by Gasteiger charge is -2.15. The van der Waals surface area contributed by atoms with E-state index >= 15 is 0 Å². The SMILES string of the molecule is N#Cc1ccc(-n2c3ccccc3c3cc(-c4ccc(-n5c6ccccc6c6ccccc65)cc4)ccc32)c(-c2nc(-c3ccccc3)cc(-c3ccccc3)n2)c1. The molecule has 11 rings (SSSR count). The van der Waals surface area contributed by atoms with Crippen LogP contribution in [-0.4, -0.2) is 19.1 Å². The van der Waals surface area contributed by atoms with Gasteiger partial charge in [-0.3, -0.25) is 0 Å². The van der Waals surface area contributed by atoms with Crippen molar-refractivity contribution in [1.82, 2.24) is 19.1 Å². The van der Waals surface area contributed by atoms with Gasteiger partial charge in [0.2, 0.25) is 0 Å². The number of nitriles is 1. The first-order valence-electron chi connectivity index (χ1n) is 19.4. The molecule has 0 fully saturated rings. The van der Waals surface area contributed by atoms with Gasteiger partial charge >= 0.3 is 0 Å². The number of hydrogen-bond donors (Lipinski definition) is 0. The topological polar surface area (TPSA) is 59.4 Å². The van der Waals surface area contributed by atoms with Crippen LogP contribution in [0.2, 0.25) is 0 Å². The summed E-state index contributed by atoms with van der Waals surface area (Å²) in [5.74, 6) is 0.554. The Hall–Kier alpha value is -8.07. The fourth-order valence-corrected chi connectivity index (χ4v) is 8.48. The van der Waals surface area contributed by atoms with Gasteiger partial charge in [0.15, 0.2) is 5.82 Å². The highest BCUT2D eigenvalue weighted by atomic mass is 15.0. The van der Waals surface area contributed by atoms with Gasteiger partial charge in [0.05, 0.1) is 50.8 Å². The second kappa shape index (κ2) is 13.6. The number of rotatable bonds is 6. The zero-order valence-electron chi connectivity index (χ0n) is 31.3. The lowest BCUT2D eigenvalue weighted by atomic mass is 10.0. The van der Waals surface area contributed by atoms with E-state index in [4.69, 9.17) is 9.97 Å². The van der Waals surface area contributed by atoms with Gasteiger partial charge in [0.1, 0.15) is 0 Å². The molecule has 0 aliphatic rings. The maximum absolute atomic E-state index is 10.1. The van der Waals surface area contributed by atoms with Crippen molar-refractivity contribution in [1.29, 1.82) is 5.26 Å². The van der Waals surface area contributed by atoms with Crippen LogP contribution in [0.4, 0.5) is 0 Å². The molecule has 3 aromatic heterocycles. The molecule has 0 atom stereocenters. The van der Waals surface area contributed by atoms with Crippen LogP contribution in [0.1, 0.15) is 5.56 Å². The lowest BCUT2D eigenvalue weighted by molar-refractivity contribution is 1.14. The zero-order valence-corrected chi connectivity index (χ0v) is 31.3. The highest BCUT2D eigenvalue weighted by Gasteiger charge is 2.20. The summed E-state index contributed by atoms with van der Waals surface area (Å²) < 4.78 is 4.64. The van der Waals surface area contributed by atoms with Crippen molar-refractivity contribution in [2.45, 2.75) is 0 Å². The molecule has 0 radical (unpaired) electrons. The molecule has 0 aliphatic heterocycles. The molecule has 5 heteroatoms. The first-order chi connectivity index (χ1) is 28.7. The van der Waals surface area contributed by atoms with E-state index in [1.165, 1.54) is 21.8 Å². The van der Waals surface area contributed by atoms with Crippen molar-refractivity contribution in [3.05, 3.63) is 206 Å². The van der Waals surface area contributed by atoms with Crippen LogP contribution in [-0.2, 0) is 0 Å². The molecule has 3 heterocycles. The fraction of sp³-hybridized carbons (Fsp3) is 0. The summed E-state index contributed by atoms with van der Waals surface area (Å²) in [6.45, 7) is 0. The second-order valence-corrected chi connectivity index (χ2v) is 14.5. The molecule has 0 saturated carbocycles. The lowest BCUT2D eigenvalue weighted by Crippen LogP contribution is -2.02. The largest absolute Gasteiger partial charge is 0.309 e. The van der Waals surface area contributed by atoms with E-state index in [-0.39, 0.29) is 0 Å². The molecule has 5 nitrogen and oxygen atoms in total. The van der Waals surface area contributed by atoms with Crippen molar-refractivity contribution < 1.29 is 0 Å². The highest BCUT2D eigenvalue weighted by molar-refractivity contribution is 6.11. The summed E-state index contributed by atoms with van der Waals surface area (Å²) in [4.78, 5) is 10.4. The minimum atomic E-state index is 0.543. The summed E-state index contributed by atoms with van der Waals surface area (Å²) in [5, 5.41) is 14.9. The third-order valence-electron chi connectivity index (χ3n) is 11.2. The molecule has 8 aromatic carbocycles. The van der Waals surface area contributed by atoms with E-state index in [1.807, 2.05) is 60.7 Å². The standard InChI is InChI=1S/C53H33N5/c54-34-35-23-29-52(45(31-35)53-55-46(37-13-3-1-4-14-37)33-47(56-53)38-15-5-2-6-16-38)58-50-22-12-9-19-43(50)44-32-39(26-30-51(44)58)36-24-27-40(28-25-36)57-48-20-10-7-17-41(48)42-18-8-11-21-49(42)57/h1-33H. The predicted octanol–water partition coefficient (Wildman–Crippen LogP) is 13.2. The molecule has 0 saturated heterocycles. The monoisotopic (exact) mass is 739 g/mol. The van der Waals surface area contributed by atoms with Crippen LogP contribution in [0.5, 0.6) is 0 Å². The fourth-order valence-electron chi connectivity index (χ4n) is 8.48. The van der Waals surface area contributed by atoms with Gasteiger partial charge in [-0.25, -0.2) is 9.97 Å². The molecular weight excluding hydrogens is 707 g/mol. The Morgan fingerprint density at radius 2 is 0.879 bits per heavy atom. The Bertz CT molecular complexity index is 3280. The zero-order chi connectivity index (χ0) is 38.6. The number of hydrogen-bond acceptors (Lipinski definition) is 3.